The van der Waals surface area contributed by atoms with Crippen molar-refractivity contribution in [3.8, 4) is 0 Å². The lowest BCUT2D eigenvalue weighted by Gasteiger charge is -2.22. The van der Waals surface area contributed by atoms with E-state index in [4.69, 9.17) is 0 Å². The Balaban J connectivity index is 2.52. The summed E-state index contributed by atoms with van der Waals surface area (Å²) in [4.78, 5) is 0. The van der Waals surface area contributed by atoms with E-state index >= 15 is 0 Å². The molecule has 0 unspecified atom stereocenters. The Morgan fingerprint density at radius 2 is 1.77 bits per heavy atom. The van der Waals surface area contributed by atoms with Gasteiger partial charge in [0.15, 0.2) is 0 Å². The molecule has 2 aromatic carbocycles. The number of fused-ring (bicyclic) bond motifs is 3. The van der Waals surface area contributed by atoms with Gasteiger partial charge in [-0.3, -0.25) is 0 Å². The van der Waals surface area contributed by atoms with E-state index in [2.05, 4.69) is 37.3 Å². The smallest absolute Gasteiger partial charge is 0.0146 e. The van der Waals surface area contributed by atoms with Gasteiger partial charge in [-0.15, -0.1) is 0 Å². The van der Waals surface area contributed by atoms with Crippen LogP contribution in [0.2, 0.25) is 0 Å². The molecule has 0 radical (unpaired) electrons. The SMILES string of the molecule is Cc1cc2c(c3ccccc13)CC2. The number of rotatable bonds is 0. The first-order chi connectivity index (χ1) is 6.36. The molecule has 0 heterocycles. The van der Waals surface area contributed by atoms with Gasteiger partial charge in [0.05, 0.1) is 0 Å². The van der Waals surface area contributed by atoms with Crippen LogP contribution >= 0.6 is 0 Å². The summed E-state index contributed by atoms with van der Waals surface area (Å²) in [5.74, 6) is 0. The second-order valence-electron chi connectivity index (χ2n) is 3.88. The van der Waals surface area contributed by atoms with E-state index < -0.39 is 0 Å². The fourth-order valence-electron chi connectivity index (χ4n) is 2.29. The van der Waals surface area contributed by atoms with Crippen molar-refractivity contribution < 1.29 is 0 Å². The topological polar surface area (TPSA) is 0 Å². The van der Waals surface area contributed by atoms with Crippen molar-refractivity contribution >= 4 is 10.8 Å². The van der Waals surface area contributed by atoms with Crippen LogP contribution in [0.1, 0.15) is 16.7 Å². The minimum atomic E-state index is 1.27. The van der Waals surface area contributed by atoms with E-state index in [-0.39, 0.29) is 0 Å². The molecule has 0 fully saturated rings. The average molecular weight is 168 g/mol. The maximum Gasteiger partial charge on any atom is -0.0146 e. The van der Waals surface area contributed by atoms with Gasteiger partial charge in [-0.2, -0.15) is 0 Å². The van der Waals surface area contributed by atoms with Gasteiger partial charge in [0.2, 0.25) is 0 Å². The van der Waals surface area contributed by atoms with E-state index in [1.165, 1.54) is 29.2 Å². The van der Waals surface area contributed by atoms with Crippen LogP contribution in [-0.2, 0) is 12.8 Å². The lowest BCUT2D eigenvalue weighted by atomic mass is 9.83. The molecule has 0 N–H and O–H groups in total. The van der Waals surface area contributed by atoms with Crippen molar-refractivity contribution in [2.45, 2.75) is 19.8 Å². The quantitative estimate of drug-likeness (QED) is 0.566. The number of aryl methyl sites for hydroxylation is 3. The van der Waals surface area contributed by atoms with Gasteiger partial charge in [0, 0.05) is 0 Å². The predicted octanol–water partition coefficient (Wildman–Crippen LogP) is 3.25. The van der Waals surface area contributed by atoms with Gasteiger partial charge in [-0.1, -0.05) is 30.3 Å². The van der Waals surface area contributed by atoms with Crippen LogP contribution in [0, 0.1) is 6.92 Å². The normalized spacial score (nSPS) is 13.9. The van der Waals surface area contributed by atoms with Crippen LogP contribution in [0.4, 0.5) is 0 Å². The summed E-state index contributed by atoms with van der Waals surface area (Å²) >= 11 is 0. The van der Waals surface area contributed by atoms with Gasteiger partial charge in [0.1, 0.15) is 0 Å². The van der Waals surface area contributed by atoms with E-state index in [0.717, 1.165) is 0 Å². The van der Waals surface area contributed by atoms with Crippen molar-refractivity contribution in [2.24, 2.45) is 0 Å². The summed E-state index contributed by atoms with van der Waals surface area (Å²) in [5, 5.41) is 2.91. The van der Waals surface area contributed by atoms with Crippen LogP contribution in [0.3, 0.4) is 0 Å². The Bertz CT molecular complexity index is 481. The number of hydrogen-bond acceptors (Lipinski definition) is 0. The van der Waals surface area contributed by atoms with Gasteiger partial charge in [0.25, 0.3) is 0 Å². The molecular weight excluding hydrogens is 156 g/mol. The molecule has 0 spiro atoms. The van der Waals surface area contributed by atoms with Gasteiger partial charge in [-0.05, 0) is 47.2 Å². The summed E-state index contributed by atoms with van der Waals surface area (Å²) in [7, 11) is 0. The fourth-order valence-corrected chi connectivity index (χ4v) is 2.29. The van der Waals surface area contributed by atoms with E-state index in [1.807, 2.05) is 0 Å². The maximum absolute atomic E-state index is 2.35. The molecule has 0 aliphatic heterocycles. The molecule has 0 nitrogen and oxygen atoms in total. The first-order valence-corrected chi connectivity index (χ1v) is 4.86. The molecule has 2 aromatic rings. The molecular formula is C13H12. The molecule has 0 bridgehead atoms. The zero-order valence-corrected chi connectivity index (χ0v) is 7.80. The minimum Gasteiger partial charge on any atom is -0.0616 e. The summed E-state index contributed by atoms with van der Waals surface area (Å²) in [6, 6.07) is 11.1. The first kappa shape index (κ1) is 7.14. The molecule has 0 atom stereocenters. The van der Waals surface area contributed by atoms with Crippen LogP contribution in [0.25, 0.3) is 10.8 Å². The molecule has 13 heavy (non-hydrogen) atoms. The third-order valence-electron chi connectivity index (χ3n) is 3.10. The van der Waals surface area contributed by atoms with Crippen molar-refractivity contribution in [1.29, 1.82) is 0 Å². The van der Waals surface area contributed by atoms with Gasteiger partial charge in [-0.25, -0.2) is 0 Å². The van der Waals surface area contributed by atoms with Gasteiger partial charge >= 0.3 is 0 Å². The largest absolute Gasteiger partial charge is 0.0616 e. The van der Waals surface area contributed by atoms with Crippen molar-refractivity contribution in [3.05, 3.63) is 47.0 Å². The molecule has 0 aromatic heterocycles. The second kappa shape index (κ2) is 2.35. The maximum atomic E-state index is 2.35. The highest BCUT2D eigenvalue weighted by molar-refractivity contribution is 5.90. The lowest BCUT2D eigenvalue weighted by molar-refractivity contribution is 0.850. The summed E-state index contributed by atoms with van der Waals surface area (Å²) in [5.41, 5.74) is 4.58. The van der Waals surface area contributed by atoms with Crippen LogP contribution in [-0.4, -0.2) is 0 Å². The number of benzene rings is 2. The fraction of sp³-hybridized carbons (Fsp3) is 0.231. The highest BCUT2D eigenvalue weighted by Gasteiger charge is 2.16. The zero-order chi connectivity index (χ0) is 8.84. The summed E-state index contributed by atoms with van der Waals surface area (Å²) in [6.45, 7) is 2.21. The Morgan fingerprint density at radius 1 is 1.00 bits per heavy atom. The lowest BCUT2D eigenvalue weighted by Crippen LogP contribution is -2.09. The highest BCUT2D eigenvalue weighted by Crippen LogP contribution is 2.32. The summed E-state index contributed by atoms with van der Waals surface area (Å²) < 4.78 is 0. The zero-order valence-electron chi connectivity index (χ0n) is 7.80. The molecule has 0 saturated heterocycles. The molecule has 0 saturated carbocycles. The third kappa shape index (κ3) is 0.859. The first-order valence-electron chi connectivity index (χ1n) is 4.86. The van der Waals surface area contributed by atoms with E-state index in [1.54, 1.807) is 11.1 Å². The number of hydrogen-bond donors (Lipinski definition) is 0. The van der Waals surface area contributed by atoms with Crippen molar-refractivity contribution in [1.82, 2.24) is 0 Å². The van der Waals surface area contributed by atoms with Gasteiger partial charge < -0.3 is 0 Å². The molecule has 0 heteroatoms. The van der Waals surface area contributed by atoms with Crippen LogP contribution in [0.15, 0.2) is 30.3 Å². The third-order valence-corrected chi connectivity index (χ3v) is 3.10. The molecule has 0 amide bonds. The van der Waals surface area contributed by atoms with Crippen LogP contribution in [0.5, 0.6) is 0 Å². The second-order valence-corrected chi connectivity index (χ2v) is 3.88. The van der Waals surface area contributed by atoms with Crippen molar-refractivity contribution in [3.63, 3.8) is 0 Å². The predicted molar refractivity (Wildman–Crippen MR) is 56.1 cm³/mol. The van der Waals surface area contributed by atoms with E-state index in [0.29, 0.717) is 0 Å². The molecule has 1 aliphatic carbocycles. The van der Waals surface area contributed by atoms with Crippen molar-refractivity contribution in [2.75, 3.05) is 0 Å². The Hall–Kier alpha value is -1.30. The Kier molecular flexibility index (Phi) is 1.29. The monoisotopic (exact) mass is 168 g/mol. The van der Waals surface area contributed by atoms with E-state index in [9.17, 15) is 0 Å². The molecule has 64 valence electrons. The molecule has 3 rings (SSSR count). The minimum absolute atomic E-state index is 1.27. The standard InChI is InChI=1S/C13H12/c1-9-8-10-6-7-12(10)13-5-3-2-4-11(9)13/h2-5,8H,6-7H2,1H3. The highest BCUT2D eigenvalue weighted by atomic mass is 14.2. The Labute approximate surface area is 78.2 Å². The summed E-state index contributed by atoms with van der Waals surface area (Å²) in [6.07, 6.45) is 2.55. The molecule has 1 aliphatic rings. The van der Waals surface area contributed by atoms with Crippen LogP contribution < -0.4 is 0 Å². The average Bonchev–Trinajstić information content (AvgIpc) is 2.11. The Morgan fingerprint density at radius 3 is 2.46 bits per heavy atom.